The van der Waals surface area contributed by atoms with Gasteiger partial charge >= 0.3 is 5.97 Å². The van der Waals surface area contributed by atoms with Gasteiger partial charge in [0.05, 0.1) is 0 Å². The number of hydrogen-bond acceptors (Lipinski definition) is 4. The zero-order chi connectivity index (χ0) is 12.8. The van der Waals surface area contributed by atoms with E-state index in [0.717, 1.165) is 0 Å². The van der Waals surface area contributed by atoms with E-state index in [1.807, 2.05) is 6.26 Å². The summed E-state index contributed by atoms with van der Waals surface area (Å²) in [6, 6.07) is 3.13. The third kappa shape index (κ3) is 4.52. The molecule has 0 fully saturated rings. The molecule has 1 rings (SSSR count). The molecular formula is C11H15NO4S. The summed E-state index contributed by atoms with van der Waals surface area (Å²) in [6.07, 6.45) is 2.29. The molecule has 1 amide bonds. The summed E-state index contributed by atoms with van der Waals surface area (Å²) in [6.45, 7) is 1.76. The SMILES string of the molecule is CSc1ccc(C(=O)NC(C)CCC(=O)O)o1. The van der Waals surface area contributed by atoms with Gasteiger partial charge in [0.2, 0.25) is 0 Å². The maximum Gasteiger partial charge on any atom is 0.303 e. The van der Waals surface area contributed by atoms with Crippen molar-refractivity contribution in [2.75, 3.05) is 6.26 Å². The van der Waals surface area contributed by atoms with Crippen molar-refractivity contribution in [3.05, 3.63) is 17.9 Å². The largest absolute Gasteiger partial charge is 0.481 e. The van der Waals surface area contributed by atoms with E-state index >= 15 is 0 Å². The van der Waals surface area contributed by atoms with Crippen molar-refractivity contribution in [1.29, 1.82) is 0 Å². The first-order valence-corrected chi connectivity index (χ1v) is 6.42. The smallest absolute Gasteiger partial charge is 0.303 e. The van der Waals surface area contributed by atoms with Crippen LogP contribution in [-0.2, 0) is 4.79 Å². The fraction of sp³-hybridized carbons (Fsp3) is 0.455. The lowest BCUT2D eigenvalue weighted by atomic mass is 10.2. The van der Waals surface area contributed by atoms with Crippen LogP contribution in [0.2, 0.25) is 0 Å². The number of hydrogen-bond donors (Lipinski definition) is 2. The van der Waals surface area contributed by atoms with Crippen LogP contribution in [0.5, 0.6) is 0 Å². The molecule has 6 heteroatoms. The van der Waals surface area contributed by atoms with Crippen molar-refractivity contribution < 1.29 is 19.1 Å². The third-order valence-electron chi connectivity index (χ3n) is 2.18. The molecule has 1 unspecified atom stereocenters. The molecule has 94 valence electrons. The molecule has 1 heterocycles. The summed E-state index contributed by atoms with van der Waals surface area (Å²) in [4.78, 5) is 22.0. The Labute approximate surface area is 104 Å². The number of aliphatic carboxylic acids is 1. The van der Waals surface area contributed by atoms with Gasteiger partial charge in [-0.15, -0.1) is 0 Å². The van der Waals surface area contributed by atoms with Crippen LogP contribution in [0, 0.1) is 0 Å². The molecule has 1 atom stereocenters. The van der Waals surface area contributed by atoms with Gasteiger partial charge in [0.1, 0.15) is 0 Å². The summed E-state index contributed by atoms with van der Waals surface area (Å²) in [5.41, 5.74) is 0. The van der Waals surface area contributed by atoms with Crippen molar-refractivity contribution in [3.63, 3.8) is 0 Å². The number of carbonyl (C=O) groups excluding carboxylic acids is 1. The molecule has 1 aromatic rings. The van der Waals surface area contributed by atoms with Gasteiger partial charge in [-0.25, -0.2) is 0 Å². The van der Waals surface area contributed by atoms with Gasteiger partial charge in [-0.05, 0) is 31.7 Å². The Morgan fingerprint density at radius 2 is 2.24 bits per heavy atom. The number of thioether (sulfide) groups is 1. The van der Waals surface area contributed by atoms with Gasteiger partial charge in [0.25, 0.3) is 5.91 Å². The Kier molecular flexibility index (Phi) is 5.09. The second-order valence-electron chi connectivity index (χ2n) is 3.63. The standard InChI is InChI=1S/C11H15NO4S/c1-7(3-5-9(13)14)12-11(15)8-4-6-10(16-8)17-2/h4,6-7H,3,5H2,1-2H3,(H,12,15)(H,13,14). The number of rotatable bonds is 6. The topological polar surface area (TPSA) is 79.5 Å². The highest BCUT2D eigenvalue weighted by Crippen LogP contribution is 2.17. The average molecular weight is 257 g/mol. The van der Waals surface area contributed by atoms with E-state index in [-0.39, 0.29) is 24.1 Å². The van der Waals surface area contributed by atoms with Gasteiger partial charge in [-0.2, -0.15) is 0 Å². The molecule has 2 N–H and O–H groups in total. The molecule has 0 spiro atoms. The van der Waals surface area contributed by atoms with E-state index < -0.39 is 5.97 Å². The van der Waals surface area contributed by atoms with Crippen LogP contribution in [-0.4, -0.2) is 29.3 Å². The number of nitrogens with one attached hydrogen (secondary N) is 1. The molecule has 0 bridgehead atoms. The lowest BCUT2D eigenvalue weighted by Crippen LogP contribution is -2.32. The summed E-state index contributed by atoms with van der Waals surface area (Å²) >= 11 is 1.42. The lowest BCUT2D eigenvalue weighted by molar-refractivity contribution is -0.137. The normalized spacial score (nSPS) is 12.1. The van der Waals surface area contributed by atoms with E-state index in [2.05, 4.69) is 5.32 Å². The summed E-state index contributed by atoms with van der Waals surface area (Å²) in [5.74, 6) is -0.937. The average Bonchev–Trinajstić information content (AvgIpc) is 2.74. The van der Waals surface area contributed by atoms with Crippen molar-refractivity contribution >= 4 is 23.6 Å². The maximum atomic E-state index is 11.7. The van der Waals surface area contributed by atoms with Gasteiger partial charge in [-0.3, -0.25) is 9.59 Å². The zero-order valence-corrected chi connectivity index (χ0v) is 10.5. The fourth-order valence-electron chi connectivity index (χ4n) is 1.26. The second kappa shape index (κ2) is 6.34. The quantitative estimate of drug-likeness (QED) is 0.762. The Balaban J connectivity index is 2.45. The first-order chi connectivity index (χ1) is 8.02. The molecule has 0 saturated carbocycles. The third-order valence-corrected chi connectivity index (χ3v) is 2.80. The van der Waals surface area contributed by atoms with Crippen LogP contribution in [0.15, 0.2) is 21.6 Å². The van der Waals surface area contributed by atoms with Gasteiger partial charge < -0.3 is 14.8 Å². The molecule has 0 aliphatic heterocycles. The van der Waals surface area contributed by atoms with Crippen LogP contribution in [0.3, 0.4) is 0 Å². The van der Waals surface area contributed by atoms with Gasteiger partial charge in [0.15, 0.2) is 10.9 Å². The van der Waals surface area contributed by atoms with Crippen molar-refractivity contribution in [1.82, 2.24) is 5.32 Å². The Hall–Kier alpha value is -1.43. The minimum atomic E-state index is -0.867. The molecule has 1 aromatic heterocycles. The highest BCUT2D eigenvalue weighted by Gasteiger charge is 2.14. The van der Waals surface area contributed by atoms with Crippen molar-refractivity contribution in [2.24, 2.45) is 0 Å². The van der Waals surface area contributed by atoms with Crippen LogP contribution in [0.25, 0.3) is 0 Å². The number of carboxylic acid groups (broad SMARTS) is 1. The van der Waals surface area contributed by atoms with Crippen molar-refractivity contribution in [3.8, 4) is 0 Å². The lowest BCUT2D eigenvalue weighted by Gasteiger charge is -2.11. The molecule has 0 aliphatic carbocycles. The van der Waals surface area contributed by atoms with Crippen LogP contribution in [0.1, 0.15) is 30.3 Å². The molecule has 0 radical (unpaired) electrons. The Morgan fingerprint density at radius 3 is 2.76 bits per heavy atom. The minimum Gasteiger partial charge on any atom is -0.481 e. The number of furan rings is 1. The van der Waals surface area contributed by atoms with Crippen molar-refractivity contribution in [2.45, 2.75) is 30.9 Å². The monoisotopic (exact) mass is 257 g/mol. The van der Waals surface area contributed by atoms with Crippen LogP contribution >= 0.6 is 11.8 Å². The maximum absolute atomic E-state index is 11.7. The molecular weight excluding hydrogens is 242 g/mol. The fourth-order valence-corrected chi connectivity index (χ4v) is 1.64. The second-order valence-corrected chi connectivity index (χ2v) is 4.44. The number of carboxylic acids is 1. The highest BCUT2D eigenvalue weighted by molar-refractivity contribution is 7.98. The van der Waals surface area contributed by atoms with E-state index in [1.165, 1.54) is 11.8 Å². The van der Waals surface area contributed by atoms with E-state index in [9.17, 15) is 9.59 Å². The number of amides is 1. The Morgan fingerprint density at radius 1 is 1.53 bits per heavy atom. The summed E-state index contributed by atoms with van der Waals surface area (Å²) < 4.78 is 5.26. The molecule has 5 nitrogen and oxygen atoms in total. The Bertz CT molecular complexity index is 402. The van der Waals surface area contributed by atoms with E-state index in [0.29, 0.717) is 11.5 Å². The van der Waals surface area contributed by atoms with Crippen LogP contribution in [0.4, 0.5) is 0 Å². The summed E-state index contributed by atoms with van der Waals surface area (Å²) in [7, 11) is 0. The van der Waals surface area contributed by atoms with Gasteiger partial charge in [0, 0.05) is 12.5 Å². The first kappa shape index (κ1) is 13.6. The number of carbonyl (C=O) groups is 2. The predicted octanol–water partition coefficient (Wildman–Crippen LogP) is 1.98. The molecule has 0 aromatic carbocycles. The van der Waals surface area contributed by atoms with E-state index in [4.69, 9.17) is 9.52 Å². The summed E-state index contributed by atoms with van der Waals surface area (Å²) in [5, 5.41) is 11.9. The van der Waals surface area contributed by atoms with E-state index in [1.54, 1.807) is 19.1 Å². The predicted molar refractivity (Wildman–Crippen MR) is 64.3 cm³/mol. The van der Waals surface area contributed by atoms with Gasteiger partial charge in [-0.1, -0.05) is 11.8 Å². The minimum absolute atomic E-state index is 0.0374. The van der Waals surface area contributed by atoms with Crippen LogP contribution < -0.4 is 5.32 Å². The first-order valence-electron chi connectivity index (χ1n) is 5.19. The highest BCUT2D eigenvalue weighted by atomic mass is 32.2. The zero-order valence-electron chi connectivity index (χ0n) is 9.73. The molecule has 0 aliphatic rings. The molecule has 0 saturated heterocycles. The molecule has 17 heavy (non-hydrogen) atoms.